The fraction of sp³-hybridized carbons (Fsp3) is 0.526. The number of aryl methyl sites for hydroxylation is 1. The van der Waals surface area contributed by atoms with Crippen LogP contribution in [0.2, 0.25) is 0 Å². The molecule has 0 saturated carbocycles. The molecule has 7 nitrogen and oxygen atoms in total. The van der Waals surface area contributed by atoms with Crippen LogP contribution in [0.1, 0.15) is 38.3 Å². The lowest BCUT2D eigenvalue weighted by atomic mass is 10.1. The summed E-state index contributed by atoms with van der Waals surface area (Å²) in [5, 5.41) is 7.03. The van der Waals surface area contributed by atoms with Gasteiger partial charge in [0, 0.05) is 44.7 Å². The number of hydrogen-bond donors (Lipinski definition) is 1. The minimum Gasteiger partial charge on any atom is -0.475 e. The Balaban J connectivity index is 1.84. The van der Waals surface area contributed by atoms with E-state index >= 15 is 0 Å². The first kappa shape index (κ1) is 19.8. The molecule has 0 aliphatic heterocycles. The Morgan fingerprint density at radius 2 is 2.12 bits per heavy atom. The molecule has 0 fully saturated rings. The Hall–Kier alpha value is -2.57. The predicted octanol–water partition coefficient (Wildman–Crippen LogP) is 2.97. The molecule has 0 radical (unpaired) electrons. The molecule has 1 N–H and O–H groups in total. The largest absolute Gasteiger partial charge is 0.475 e. The molecule has 1 atom stereocenters. The van der Waals surface area contributed by atoms with Crippen LogP contribution in [0.15, 0.2) is 30.7 Å². The summed E-state index contributed by atoms with van der Waals surface area (Å²) in [6.45, 7) is 7.32. The number of nitrogens with one attached hydrogen (secondary N) is 1. The highest BCUT2D eigenvalue weighted by molar-refractivity contribution is 5.73. The summed E-state index contributed by atoms with van der Waals surface area (Å²) < 4.78 is 7.58. The molecule has 2 aromatic rings. The average molecular weight is 359 g/mol. The molecule has 142 valence electrons. The van der Waals surface area contributed by atoms with E-state index in [-0.39, 0.29) is 12.1 Å². The monoisotopic (exact) mass is 359 g/mol. The van der Waals surface area contributed by atoms with Crippen LogP contribution in [0.4, 0.5) is 4.79 Å². The maximum Gasteiger partial charge on any atom is 0.317 e. The third-order valence-electron chi connectivity index (χ3n) is 3.89. The van der Waals surface area contributed by atoms with Gasteiger partial charge in [-0.3, -0.25) is 4.68 Å². The Morgan fingerprint density at radius 3 is 2.77 bits per heavy atom. The van der Waals surface area contributed by atoms with E-state index in [4.69, 9.17) is 4.74 Å². The Labute approximate surface area is 155 Å². The quantitative estimate of drug-likeness (QED) is 0.786. The van der Waals surface area contributed by atoms with E-state index in [1.165, 1.54) is 0 Å². The summed E-state index contributed by atoms with van der Waals surface area (Å²) in [5.41, 5.74) is 1.94. The van der Waals surface area contributed by atoms with Gasteiger partial charge in [0.25, 0.3) is 0 Å². The van der Waals surface area contributed by atoms with Crippen molar-refractivity contribution in [1.29, 1.82) is 0 Å². The van der Waals surface area contributed by atoms with Crippen LogP contribution >= 0.6 is 0 Å². The minimum atomic E-state index is -0.138. The van der Waals surface area contributed by atoms with Crippen molar-refractivity contribution in [2.45, 2.75) is 46.4 Å². The lowest BCUT2D eigenvalue weighted by molar-refractivity contribution is 0.185. The number of carbonyl (C=O) groups excluding carboxylic acids is 1. The molecule has 26 heavy (non-hydrogen) atoms. The third kappa shape index (κ3) is 6.38. The summed E-state index contributed by atoms with van der Waals surface area (Å²) in [6, 6.07) is 3.61. The van der Waals surface area contributed by atoms with Crippen LogP contribution in [-0.4, -0.2) is 38.8 Å². The van der Waals surface area contributed by atoms with Crippen LogP contribution in [0.3, 0.4) is 0 Å². The molecular formula is C19H29N5O2. The number of aromatic nitrogens is 3. The topological polar surface area (TPSA) is 72.3 Å². The van der Waals surface area contributed by atoms with Crippen molar-refractivity contribution in [2.75, 3.05) is 7.05 Å². The molecule has 0 bridgehead atoms. The second kappa shape index (κ2) is 9.22. The molecule has 0 saturated heterocycles. The number of carbonyl (C=O) groups is 1. The van der Waals surface area contributed by atoms with Crippen molar-refractivity contribution < 1.29 is 9.53 Å². The van der Waals surface area contributed by atoms with Crippen molar-refractivity contribution in [3.05, 3.63) is 41.9 Å². The SMILES string of the molecule is CC(C)CC(C)Oc1cc(CNC(=O)N(C)Cc2cnn(C)c2)ccn1. The van der Waals surface area contributed by atoms with Gasteiger partial charge in [-0.05, 0) is 30.9 Å². The van der Waals surface area contributed by atoms with Gasteiger partial charge in [-0.15, -0.1) is 0 Å². The van der Waals surface area contributed by atoms with Crippen molar-refractivity contribution in [2.24, 2.45) is 13.0 Å². The van der Waals surface area contributed by atoms with Crippen LogP contribution < -0.4 is 10.1 Å². The first-order valence-corrected chi connectivity index (χ1v) is 8.91. The van der Waals surface area contributed by atoms with Gasteiger partial charge in [-0.25, -0.2) is 9.78 Å². The van der Waals surface area contributed by atoms with Gasteiger partial charge < -0.3 is 15.0 Å². The molecule has 2 amide bonds. The smallest absolute Gasteiger partial charge is 0.317 e. The van der Waals surface area contributed by atoms with Crippen LogP contribution in [0, 0.1) is 5.92 Å². The van der Waals surface area contributed by atoms with Gasteiger partial charge in [-0.1, -0.05) is 13.8 Å². The van der Waals surface area contributed by atoms with Crippen molar-refractivity contribution in [3.63, 3.8) is 0 Å². The second-order valence-electron chi connectivity index (χ2n) is 7.10. The lowest BCUT2D eigenvalue weighted by Gasteiger charge is -2.18. The average Bonchev–Trinajstić information content (AvgIpc) is 2.97. The second-order valence-corrected chi connectivity index (χ2v) is 7.10. The van der Waals surface area contributed by atoms with E-state index in [0.717, 1.165) is 17.5 Å². The van der Waals surface area contributed by atoms with E-state index < -0.39 is 0 Å². The maximum absolute atomic E-state index is 12.3. The van der Waals surface area contributed by atoms with Gasteiger partial charge in [-0.2, -0.15) is 5.10 Å². The summed E-state index contributed by atoms with van der Waals surface area (Å²) in [7, 11) is 3.62. The highest BCUT2D eigenvalue weighted by Crippen LogP contribution is 2.15. The molecule has 0 aromatic carbocycles. The first-order valence-electron chi connectivity index (χ1n) is 8.91. The van der Waals surface area contributed by atoms with Gasteiger partial charge in [0.05, 0.1) is 18.8 Å². The zero-order chi connectivity index (χ0) is 19.1. The van der Waals surface area contributed by atoms with E-state index in [0.29, 0.717) is 24.9 Å². The summed E-state index contributed by atoms with van der Waals surface area (Å²) in [5.74, 6) is 1.16. The standard InChI is InChI=1S/C19H29N5O2/c1-14(2)8-15(3)26-18-9-16(6-7-20-18)10-21-19(25)23(4)12-17-11-22-24(5)13-17/h6-7,9,11,13-15H,8,10,12H2,1-5H3,(H,21,25). The first-order chi connectivity index (χ1) is 12.3. The molecule has 2 aromatic heterocycles. The van der Waals surface area contributed by atoms with Gasteiger partial charge >= 0.3 is 6.03 Å². The van der Waals surface area contributed by atoms with E-state index in [1.54, 1.807) is 29.0 Å². The number of pyridine rings is 1. The van der Waals surface area contributed by atoms with Crippen LogP contribution in [0.5, 0.6) is 5.88 Å². The molecule has 2 heterocycles. The number of hydrogen-bond acceptors (Lipinski definition) is 4. The van der Waals surface area contributed by atoms with Crippen molar-refractivity contribution >= 4 is 6.03 Å². The summed E-state index contributed by atoms with van der Waals surface area (Å²) >= 11 is 0. The Morgan fingerprint density at radius 1 is 1.35 bits per heavy atom. The lowest BCUT2D eigenvalue weighted by Crippen LogP contribution is -2.36. The van der Waals surface area contributed by atoms with Crippen molar-refractivity contribution in [3.8, 4) is 5.88 Å². The van der Waals surface area contributed by atoms with Gasteiger partial charge in [0.1, 0.15) is 0 Å². The van der Waals surface area contributed by atoms with Gasteiger partial charge in [0.2, 0.25) is 5.88 Å². The van der Waals surface area contributed by atoms with Crippen LogP contribution in [0.25, 0.3) is 0 Å². The Kier molecular flexibility index (Phi) is 7.00. The van der Waals surface area contributed by atoms with Gasteiger partial charge in [0.15, 0.2) is 0 Å². The number of urea groups is 1. The maximum atomic E-state index is 12.3. The van der Waals surface area contributed by atoms with E-state index in [9.17, 15) is 4.79 Å². The third-order valence-corrected chi connectivity index (χ3v) is 3.89. The summed E-state index contributed by atoms with van der Waals surface area (Å²) in [4.78, 5) is 18.1. The minimum absolute atomic E-state index is 0.109. The normalized spacial score (nSPS) is 12.1. The fourth-order valence-corrected chi connectivity index (χ4v) is 2.75. The molecule has 0 aliphatic carbocycles. The highest BCUT2D eigenvalue weighted by Gasteiger charge is 2.11. The van der Waals surface area contributed by atoms with Crippen LogP contribution in [-0.2, 0) is 20.1 Å². The molecular weight excluding hydrogens is 330 g/mol. The zero-order valence-corrected chi connectivity index (χ0v) is 16.3. The van der Waals surface area contributed by atoms with E-state index in [1.807, 2.05) is 32.3 Å². The molecule has 0 aliphatic rings. The number of ether oxygens (including phenoxy) is 1. The molecule has 2 rings (SSSR count). The Bertz CT molecular complexity index is 713. The zero-order valence-electron chi connectivity index (χ0n) is 16.3. The molecule has 1 unspecified atom stereocenters. The van der Waals surface area contributed by atoms with Crippen molar-refractivity contribution in [1.82, 2.24) is 25.0 Å². The number of amides is 2. The van der Waals surface area contributed by atoms with E-state index in [2.05, 4.69) is 29.2 Å². The fourth-order valence-electron chi connectivity index (χ4n) is 2.75. The summed E-state index contributed by atoms with van der Waals surface area (Å²) in [6.07, 6.45) is 6.45. The molecule has 7 heteroatoms. The number of rotatable bonds is 8. The predicted molar refractivity (Wildman–Crippen MR) is 101 cm³/mol. The number of nitrogens with zero attached hydrogens (tertiary/aromatic N) is 4. The molecule has 0 spiro atoms. The highest BCUT2D eigenvalue weighted by atomic mass is 16.5.